The van der Waals surface area contributed by atoms with Gasteiger partial charge in [0.05, 0.1) is 23.9 Å². The van der Waals surface area contributed by atoms with Crippen LogP contribution in [0.5, 0.6) is 0 Å². The summed E-state index contributed by atoms with van der Waals surface area (Å²) in [6, 6.07) is 0. The monoisotopic (exact) mass is 298 g/mol. The van der Waals surface area contributed by atoms with E-state index in [1.54, 1.807) is 18.4 Å². The lowest BCUT2D eigenvalue weighted by Crippen LogP contribution is -2.38. The molecule has 5 nitrogen and oxygen atoms in total. The number of guanidine groups is 1. The van der Waals surface area contributed by atoms with Gasteiger partial charge >= 0.3 is 0 Å². The Morgan fingerprint density at radius 2 is 2.15 bits per heavy atom. The molecule has 0 fully saturated rings. The van der Waals surface area contributed by atoms with E-state index in [0.717, 1.165) is 31.9 Å². The van der Waals surface area contributed by atoms with E-state index in [1.807, 2.05) is 0 Å². The Labute approximate surface area is 125 Å². The van der Waals surface area contributed by atoms with E-state index >= 15 is 0 Å². The van der Waals surface area contributed by atoms with E-state index in [2.05, 4.69) is 41.4 Å². The summed E-state index contributed by atoms with van der Waals surface area (Å²) in [7, 11) is 1.69. The summed E-state index contributed by atoms with van der Waals surface area (Å²) in [5.74, 6) is 0.841. The van der Waals surface area contributed by atoms with Crippen LogP contribution in [0.15, 0.2) is 4.99 Å². The maximum Gasteiger partial charge on any atom is 0.191 e. The van der Waals surface area contributed by atoms with Crippen LogP contribution in [0.3, 0.4) is 0 Å². The van der Waals surface area contributed by atoms with Crippen molar-refractivity contribution < 1.29 is 4.74 Å². The number of thiazole rings is 1. The van der Waals surface area contributed by atoms with Crippen molar-refractivity contribution in [2.45, 2.75) is 33.6 Å². The van der Waals surface area contributed by atoms with E-state index in [1.165, 1.54) is 15.6 Å². The summed E-state index contributed by atoms with van der Waals surface area (Å²) in [6.45, 7) is 9.36. The summed E-state index contributed by atoms with van der Waals surface area (Å²) in [4.78, 5) is 10.4. The summed E-state index contributed by atoms with van der Waals surface area (Å²) < 4.78 is 5.00. The molecule has 114 valence electrons. The van der Waals surface area contributed by atoms with E-state index in [0.29, 0.717) is 13.2 Å². The van der Waals surface area contributed by atoms with E-state index in [9.17, 15) is 0 Å². The number of ether oxygens (including phenoxy) is 1. The first-order valence-electron chi connectivity index (χ1n) is 7.17. The molecule has 2 N–H and O–H groups in total. The minimum atomic E-state index is 0.641. The van der Waals surface area contributed by atoms with Gasteiger partial charge in [-0.1, -0.05) is 6.92 Å². The second kappa shape index (κ2) is 9.72. The van der Waals surface area contributed by atoms with Gasteiger partial charge < -0.3 is 15.4 Å². The molecule has 0 aliphatic carbocycles. The van der Waals surface area contributed by atoms with E-state index < -0.39 is 0 Å². The van der Waals surface area contributed by atoms with Crippen LogP contribution < -0.4 is 10.6 Å². The Morgan fingerprint density at radius 3 is 2.75 bits per heavy atom. The summed E-state index contributed by atoms with van der Waals surface area (Å²) in [6.07, 6.45) is 1.94. The number of nitrogens with one attached hydrogen (secondary N) is 2. The molecule has 0 bridgehead atoms. The number of nitrogens with zero attached hydrogens (tertiary/aromatic N) is 2. The van der Waals surface area contributed by atoms with Gasteiger partial charge in [-0.2, -0.15) is 0 Å². The van der Waals surface area contributed by atoms with Crippen molar-refractivity contribution in [3.05, 3.63) is 15.6 Å². The quantitative estimate of drug-likeness (QED) is 0.436. The van der Waals surface area contributed by atoms with Crippen molar-refractivity contribution >= 4 is 17.3 Å². The van der Waals surface area contributed by atoms with Crippen molar-refractivity contribution in [2.75, 3.05) is 33.4 Å². The Bertz CT molecular complexity index is 417. The van der Waals surface area contributed by atoms with Gasteiger partial charge in [-0.25, -0.2) is 4.98 Å². The minimum absolute atomic E-state index is 0.641. The largest absolute Gasteiger partial charge is 0.383 e. The van der Waals surface area contributed by atoms with Crippen molar-refractivity contribution in [2.24, 2.45) is 4.99 Å². The van der Waals surface area contributed by atoms with Crippen LogP contribution in [0.25, 0.3) is 0 Å². The van der Waals surface area contributed by atoms with Crippen LogP contribution in [0, 0.1) is 6.92 Å². The molecular weight excluding hydrogens is 272 g/mol. The number of aromatic nitrogens is 1. The van der Waals surface area contributed by atoms with Crippen molar-refractivity contribution in [1.29, 1.82) is 0 Å². The highest BCUT2D eigenvalue weighted by Crippen LogP contribution is 2.17. The zero-order valence-corrected chi connectivity index (χ0v) is 13.8. The summed E-state index contributed by atoms with van der Waals surface area (Å²) in [5, 5.41) is 7.74. The molecule has 1 aromatic rings. The minimum Gasteiger partial charge on any atom is -0.383 e. The van der Waals surface area contributed by atoms with Gasteiger partial charge in [0.15, 0.2) is 5.96 Å². The maximum absolute atomic E-state index is 5.00. The van der Waals surface area contributed by atoms with Gasteiger partial charge in [-0.15, -0.1) is 11.3 Å². The van der Waals surface area contributed by atoms with Crippen LogP contribution in [-0.2, 0) is 17.6 Å². The number of hydrogen-bond donors (Lipinski definition) is 2. The Morgan fingerprint density at radius 1 is 1.35 bits per heavy atom. The van der Waals surface area contributed by atoms with Gasteiger partial charge in [-0.05, 0) is 20.3 Å². The second-order valence-corrected chi connectivity index (χ2v) is 5.68. The fourth-order valence-electron chi connectivity index (χ4n) is 1.80. The van der Waals surface area contributed by atoms with Gasteiger partial charge in [0.2, 0.25) is 0 Å². The number of aryl methyl sites for hydroxylation is 2. The highest BCUT2D eigenvalue weighted by atomic mass is 32.1. The fourth-order valence-corrected chi connectivity index (χ4v) is 2.82. The molecule has 6 heteroatoms. The SMILES string of the molecule is CCNC(=NCCOC)NCCc1nc(CC)c(C)s1. The van der Waals surface area contributed by atoms with Crippen LogP contribution in [0.2, 0.25) is 0 Å². The molecule has 0 radical (unpaired) electrons. The van der Waals surface area contributed by atoms with Crippen LogP contribution >= 0.6 is 11.3 Å². The van der Waals surface area contributed by atoms with Gasteiger partial charge in [0, 0.05) is 31.5 Å². The first kappa shape index (κ1) is 16.9. The lowest BCUT2D eigenvalue weighted by atomic mass is 10.3. The predicted molar refractivity (Wildman–Crippen MR) is 85.8 cm³/mol. The molecular formula is C14H26N4OS. The van der Waals surface area contributed by atoms with Crippen molar-refractivity contribution in [1.82, 2.24) is 15.6 Å². The molecule has 0 aliphatic rings. The molecule has 0 aliphatic heterocycles. The molecule has 20 heavy (non-hydrogen) atoms. The van der Waals surface area contributed by atoms with Crippen molar-refractivity contribution in [3.63, 3.8) is 0 Å². The van der Waals surface area contributed by atoms with Crippen molar-refractivity contribution in [3.8, 4) is 0 Å². The highest BCUT2D eigenvalue weighted by molar-refractivity contribution is 7.11. The third-order valence-corrected chi connectivity index (χ3v) is 3.89. The lowest BCUT2D eigenvalue weighted by Gasteiger charge is -2.10. The average Bonchev–Trinajstić information content (AvgIpc) is 2.79. The molecule has 1 rings (SSSR count). The molecule has 0 saturated carbocycles. The molecule has 0 saturated heterocycles. The maximum atomic E-state index is 5.00. The molecule has 0 spiro atoms. The average molecular weight is 298 g/mol. The molecule has 1 aromatic heterocycles. The number of aliphatic imine (C=N–C) groups is 1. The van der Waals surface area contributed by atoms with Crippen LogP contribution in [-0.4, -0.2) is 44.3 Å². The zero-order valence-electron chi connectivity index (χ0n) is 13.0. The molecule has 0 unspecified atom stereocenters. The van der Waals surface area contributed by atoms with Crippen LogP contribution in [0.4, 0.5) is 0 Å². The first-order valence-corrected chi connectivity index (χ1v) is 7.99. The van der Waals surface area contributed by atoms with E-state index in [4.69, 9.17) is 4.74 Å². The van der Waals surface area contributed by atoms with Gasteiger partial charge in [0.1, 0.15) is 0 Å². The van der Waals surface area contributed by atoms with E-state index in [-0.39, 0.29) is 0 Å². The lowest BCUT2D eigenvalue weighted by molar-refractivity contribution is 0.208. The summed E-state index contributed by atoms with van der Waals surface area (Å²) >= 11 is 1.79. The Balaban J connectivity index is 2.40. The molecule has 0 aromatic carbocycles. The standard InChI is InChI=1S/C14H26N4OS/c1-5-12-11(3)20-13(18-12)7-8-16-14(15-6-2)17-9-10-19-4/h5-10H2,1-4H3,(H2,15,16,17). The number of rotatable bonds is 8. The molecule has 1 heterocycles. The first-order chi connectivity index (χ1) is 9.71. The molecule has 0 amide bonds. The van der Waals surface area contributed by atoms with Gasteiger partial charge in [-0.3, -0.25) is 4.99 Å². The second-order valence-electron chi connectivity index (χ2n) is 4.39. The topological polar surface area (TPSA) is 58.5 Å². The fraction of sp³-hybridized carbons (Fsp3) is 0.714. The Hall–Kier alpha value is -1.14. The molecule has 0 atom stereocenters. The highest BCUT2D eigenvalue weighted by Gasteiger charge is 2.05. The smallest absolute Gasteiger partial charge is 0.191 e. The van der Waals surface area contributed by atoms with Crippen LogP contribution in [0.1, 0.15) is 29.4 Å². The zero-order chi connectivity index (χ0) is 14.8. The third kappa shape index (κ3) is 5.88. The third-order valence-electron chi connectivity index (χ3n) is 2.81. The van der Waals surface area contributed by atoms with Gasteiger partial charge in [0.25, 0.3) is 0 Å². The predicted octanol–water partition coefficient (Wildman–Crippen LogP) is 1.76. The normalized spacial score (nSPS) is 11.7. The Kier molecular flexibility index (Phi) is 8.22. The number of hydrogen-bond acceptors (Lipinski definition) is 4. The summed E-state index contributed by atoms with van der Waals surface area (Å²) in [5.41, 5.74) is 1.23. The number of methoxy groups -OCH3 is 1.